The monoisotopic (exact) mass is 478 g/mol. The first kappa shape index (κ1) is 23.8. The number of H-pyrrole nitrogens is 1. The maximum Gasteiger partial charge on any atom is 0.573 e. The highest BCUT2D eigenvalue weighted by Crippen LogP contribution is 2.28. The normalized spacial score (nSPS) is 15.0. The van der Waals surface area contributed by atoms with Crippen molar-refractivity contribution in [3.05, 3.63) is 50.7 Å². The maximum atomic E-state index is 14.1. The summed E-state index contributed by atoms with van der Waals surface area (Å²) in [5.74, 6) is -2.93. The molecule has 0 bridgehead atoms. The molecule has 1 aliphatic rings. The predicted octanol–water partition coefficient (Wildman–Crippen LogP) is 3.18. The number of ether oxygens (including phenoxy) is 2. The first-order valence-electron chi connectivity index (χ1n) is 9.49. The SMILES string of the molecule is COCC(NC(=O)c1nc(N2CCCC2)[nH]c(=O)c1Cl)c1ccc(OC(F)(F)F)c(F)c1. The Balaban J connectivity index is 1.86. The summed E-state index contributed by atoms with van der Waals surface area (Å²) < 4.78 is 59.8. The fourth-order valence-corrected chi connectivity index (χ4v) is 3.41. The number of hydrogen-bond donors (Lipinski definition) is 2. The summed E-state index contributed by atoms with van der Waals surface area (Å²) >= 11 is 5.98. The molecule has 1 fully saturated rings. The fraction of sp³-hybridized carbons (Fsp3) is 0.421. The van der Waals surface area contributed by atoms with Crippen LogP contribution in [-0.2, 0) is 4.74 Å². The number of carbonyl (C=O) groups excluding carboxylic acids is 1. The second-order valence-electron chi connectivity index (χ2n) is 6.97. The van der Waals surface area contributed by atoms with E-state index in [1.165, 1.54) is 7.11 Å². The second kappa shape index (κ2) is 9.74. The summed E-state index contributed by atoms with van der Waals surface area (Å²) in [7, 11) is 1.32. The number of hydrogen-bond acceptors (Lipinski definition) is 6. The van der Waals surface area contributed by atoms with E-state index in [-0.39, 0.29) is 23.8 Å². The minimum absolute atomic E-state index is 0.105. The van der Waals surface area contributed by atoms with Gasteiger partial charge in [-0.05, 0) is 30.5 Å². The number of rotatable bonds is 7. The van der Waals surface area contributed by atoms with Crippen molar-refractivity contribution in [3.63, 3.8) is 0 Å². The number of nitrogens with zero attached hydrogens (tertiary/aromatic N) is 2. The Hall–Kier alpha value is -2.86. The van der Waals surface area contributed by atoms with Crippen molar-refractivity contribution < 1.29 is 31.8 Å². The molecule has 3 rings (SSSR count). The molecule has 1 amide bonds. The Kier molecular flexibility index (Phi) is 7.24. The number of anilines is 1. The first-order valence-corrected chi connectivity index (χ1v) is 9.86. The molecule has 1 atom stereocenters. The van der Waals surface area contributed by atoms with Gasteiger partial charge >= 0.3 is 6.36 Å². The smallest absolute Gasteiger partial charge is 0.403 e. The lowest BCUT2D eigenvalue weighted by molar-refractivity contribution is -0.275. The summed E-state index contributed by atoms with van der Waals surface area (Å²) in [6.07, 6.45) is -3.24. The number of benzene rings is 1. The summed E-state index contributed by atoms with van der Waals surface area (Å²) in [5.41, 5.74) is -0.930. The molecular weight excluding hydrogens is 460 g/mol. The van der Waals surface area contributed by atoms with Crippen molar-refractivity contribution in [2.75, 3.05) is 31.7 Å². The topological polar surface area (TPSA) is 96.5 Å². The predicted molar refractivity (Wildman–Crippen MR) is 106 cm³/mol. The Morgan fingerprint density at radius 2 is 2.03 bits per heavy atom. The number of alkyl halides is 3. The van der Waals surface area contributed by atoms with Crippen LogP contribution < -0.4 is 20.5 Å². The van der Waals surface area contributed by atoms with Crippen LogP contribution in [0.2, 0.25) is 5.02 Å². The van der Waals surface area contributed by atoms with Crippen LogP contribution in [0, 0.1) is 5.82 Å². The molecule has 0 saturated carbocycles. The molecule has 2 N–H and O–H groups in total. The van der Waals surface area contributed by atoms with E-state index in [9.17, 15) is 27.2 Å². The highest BCUT2D eigenvalue weighted by atomic mass is 35.5. The number of aromatic amines is 1. The lowest BCUT2D eigenvalue weighted by atomic mass is 10.1. The van der Waals surface area contributed by atoms with Gasteiger partial charge in [-0.25, -0.2) is 9.37 Å². The van der Waals surface area contributed by atoms with E-state index >= 15 is 0 Å². The Morgan fingerprint density at radius 1 is 1.34 bits per heavy atom. The van der Waals surface area contributed by atoms with Gasteiger partial charge in [-0.15, -0.1) is 13.2 Å². The molecule has 8 nitrogen and oxygen atoms in total. The summed E-state index contributed by atoms with van der Waals surface area (Å²) in [6.45, 7) is 1.16. The average Bonchev–Trinajstić information content (AvgIpc) is 3.25. The maximum absolute atomic E-state index is 14.1. The standard InChI is InChI=1S/C19H19ClF4N4O4/c1-31-9-12(10-4-5-13(11(21)8-10)32-19(22,23)24)25-17(30)15-14(20)16(29)27-18(26-15)28-6-2-3-7-28/h4-5,8,12H,2-3,6-7,9H2,1H3,(H,25,30)(H,26,27,29). The Morgan fingerprint density at radius 3 is 2.62 bits per heavy atom. The number of halogens is 5. The van der Waals surface area contributed by atoms with Crippen LogP contribution in [0.5, 0.6) is 5.75 Å². The van der Waals surface area contributed by atoms with E-state index in [1.54, 1.807) is 4.90 Å². The van der Waals surface area contributed by atoms with Crippen molar-refractivity contribution in [2.24, 2.45) is 0 Å². The molecule has 2 aromatic rings. The average molecular weight is 479 g/mol. The molecule has 32 heavy (non-hydrogen) atoms. The molecule has 1 saturated heterocycles. The van der Waals surface area contributed by atoms with Crippen LogP contribution in [0.25, 0.3) is 0 Å². The van der Waals surface area contributed by atoms with Crippen LogP contribution >= 0.6 is 11.6 Å². The largest absolute Gasteiger partial charge is 0.573 e. The Labute approximate surface area is 184 Å². The Bertz CT molecular complexity index is 1040. The summed E-state index contributed by atoms with van der Waals surface area (Å²) in [4.78, 5) is 33.5. The number of carbonyl (C=O) groups is 1. The molecule has 174 valence electrons. The quantitative estimate of drug-likeness (QED) is 0.593. The third kappa shape index (κ3) is 5.68. The number of aromatic nitrogens is 2. The first-order chi connectivity index (χ1) is 15.1. The second-order valence-corrected chi connectivity index (χ2v) is 7.34. The van der Waals surface area contributed by atoms with Gasteiger partial charge in [0.1, 0.15) is 5.02 Å². The van der Waals surface area contributed by atoms with Crippen LogP contribution in [-0.4, -0.2) is 49.0 Å². The van der Waals surface area contributed by atoms with Gasteiger partial charge < -0.3 is 19.7 Å². The molecule has 0 radical (unpaired) electrons. The molecule has 0 spiro atoms. The van der Waals surface area contributed by atoms with Crippen molar-refractivity contribution >= 4 is 23.5 Å². The molecule has 1 aliphatic heterocycles. The summed E-state index contributed by atoms with van der Waals surface area (Å²) in [6, 6.07) is 1.75. The minimum atomic E-state index is -5.06. The van der Waals surface area contributed by atoms with Crippen molar-refractivity contribution in [2.45, 2.75) is 25.2 Å². The lowest BCUT2D eigenvalue weighted by Crippen LogP contribution is -2.34. The van der Waals surface area contributed by atoms with Crippen LogP contribution in [0.3, 0.4) is 0 Å². The highest BCUT2D eigenvalue weighted by Gasteiger charge is 2.32. The molecule has 1 aromatic heterocycles. The van der Waals surface area contributed by atoms with Gasteiger partial charge in [0, 0.05) is 20.2 Å². The van der Waals surface area contributed by atoms with Crippen molar-refractivity contribution in [1.29, 1.82) is 0 Å². The molecule has 1 aromatic carbocycles. The minimum Gasteiger partial charge on any atom is -0.403 e. The molecule has 1 unspecified atom stereocenters. The third-order valence-electron chi connectivity index (χ3n) is 4.69. The van der Waals surface area contributed by atoms with Gasteiger partial charge in [0.05, 0.1) is 12.6 Å². The number of nitrogens with one attached hydrogen (secondary N) is 2. The molecule has 2 heterocycles. The highest BCUT2D eigenvalue weighted by molar-refractivity contribution is 6.33. The zero-order valence-electron chi connectivity index (χ0n) is 16.8. The van der Waals surface area contributed by atoms with Gasteiger partial charge in [-0.1, -0.05) is 17.7 Å². The lowest BCUT2D eigenvalue weighted by Gasteiger charge is -2.20. The van der Waals surface area contributed by atoms with E-state index in [4.69, 9.17) is 16.3 Å². The number of amides is 1. The van der Waals surface area contributed by atoms with E-state index in [1.807, 2.05) is 0 Å². The van der Waals surface area contributed by atoms with Gasteiger partial charge in [-0.2, -0.15) is 0 Å². The van der Waals surface area contributed by atoms with E-state index in [0.717, 1.165) is 31.0 Å². The van der Waals surface area contributed by atoms with Crippen LogP contribution in [0.4, 0.5) is 23.5 Å². The van der Waals surface area contributed by atoms with Gasteiger partial charge in [0.25, 0.3) is 11.5 Å². The van der Waals surface area contributed by atoms with Gasteiger partial charge in [0.15, 0.2) is 17.3 Å². The third-order valence-corrected chi connectivity index (χ3v) is 5.04. The zero-order chi connectivity index (χ0) is 23.5. The van der Waals surface area contributed by atoms with Crippen LogP contribution in [0.1, 0.15) is 34.9 Å². The van der Waals surface area contributed by atoms with Gasteiger partial charge in [-0.3, -0.25) is 14.6 Å². The molecular formula is C19H19ClF4N4O4. The number of methoxy groups -OCH3 is 1. The van der Waals surface area contributed by atoms with E-state index in [2.05, 4.69) is 20.0 Å². The molecule has 13 heteroatoms. The van der Waals surface area contributed by atoms with Gasteiger partial charge in [0.2, 0.25) is 5.95 Å². The summed E-state index contributed by atoms with van der Waals surface area (Å²) in [5, 5.41) is 2.09. The zero-order valence-corrected chi connectivity index (χ0v) is 17.5. The van der Waals surface area contributed by atoms with E-state index in [0.29, 0.717) is 13.1 Å². The van der Waals surface area contributed by atoms with Crippen molar-refractivity contribution in [1.82, 2.24) is 15.3 Å². The van der Waals surface area contributed by atoms with Crippen molar-refractivity contribution in [3.8, 4) is 5.75 Å². The fourth-order valence-electron chi connectivity index (χ4n) is 3.23. The molecule has 0 aliphatic carbocycles. The van der Waals surface area contributed by atoms with E-state index < -0.39 is 40.5 Å². The van der Waals surface area contributed by atoms with Crippen LogP contribution in [0.15, 0.2) is 23.0 Å².